The van der Waals surface area contributed by atoms with E-state index in [1.807, 2.05) is 19.9 Å². The fraction of sp³-hybridized carbons (Fsp3) is 0.688. The predicted molar refractivity (Wildman–Crippen MR) is 86.0 cm³/mol. The van der Waals surface area contributed by atoms with Crippen LogP contribution < -0.4 is 10.9 Å². The molecule has 22 heavy (non-hydrogen) atoms. The van der Waals surface area contributed by atoms with Crippen molar-refractivity contribution < 1.29 is 9.59 Å². The SMILES string of the molecule is CCCCCCCCC(=O)NNC(=O)Cn1nc(C)cc1C. The highest BCUT2D eigenvalue weighted by atomic mass is 16.2. The minimum absolute atomic E-state index is 0.108. The summed E-state index contributed by atoms with van der Waals surface area (Å²) in [4.78, 5) is 23.4. The van der Waals surface area contributed by atoms with E-state index in [9.17, 15) is 9.59 Å². The Morgan fingerprint density at radius 3 is 2.32 bits per heavy atom. The first-order valence-electron chi connectivity index (χ1n) is 8.11. The van der Waals surface area contributed by atoms with Crippen molar-refractivity contribution in [1.82, 2.24) is 20.6 Å². The van der Waals surface area contributed by atoms with E-state index in [2.05, 4.69) is 22.9 Å². The number of carbonyl (C=O) groups is 2. The van der Waals surface area contributed by atoms with Gasteiger partial charge in [-0.25, -0.2) is 0 Å². The number of aryl methyl sites for hydroxylation is 2. The third kappa shape index (κ3) is 7.24. The summed E-state index contributed by atoms with van der Waals surface area (Å²) in [5, 5.41) is 4.21. The van der Waals surface area contributed by atoms with Crippen LogP contribution in [-0.2, 0) is 16.1 Å². The summed E-state index contributed by atoms with van der Waals surface area (Å²) in [7, 11) is 0. The molecule has 0 aliphatic rings. The highest BCUT2D eigenvalue weighted by Gasteiger charge is 2.08. The molecule has 1 rings (SSSR count). The molecule has 0 unspecified atom stereocenters. The Hall–Kier alpha value is -1.85. The molecule has 0 atom stereocenters. The van der Waals surface area contributed by atoms with Crippen LogP contribution in [0.5, 0.6) is 0 Å². The second-order valence-electron chi connectivity index (χ2n) is 5.70. The van der Waals surface area contributed by atoms with Gasteiger partial charge in [0.15, 0.2) is 0 Å². The lowest BCUT2D eigenvalue weighted by atomic mass is 10.1. The van der Waals surface area contributed by atoms with Crippen LogP contribution in [0.1, 0.15) is 63.3 Å². The van der Waals surface area contributed by atoms with Gasteiger partial charge in [-0.15, -0.1) is 0 Å². The molecule has 0 bridgehead atoms. The molecule has 0 aliphatic heterocycles. The zero-order valence-corrected chi connectivity index (χ0v) is 13.9. The number of unbranched alkanes of at least 4 members (excludes halogenated alkanes) is 5. The maximum atomic E-state index is 11.7. The summed E-state index contributed by atoms with van der Waals surface area (Å²) in [6, 6.07) is 1.91. The highest BCUT2D eigenvalue weighted by Crippen LogP contribution is 2.06. The van der Waals surface area contributed by atoms with Crippen molar-refractivity contribution in [3.05, 3.63) is 17.5 Å². The minimum atomic E-state index is -0.275. The van der Waals surface area contributed by atoms with E-state index in [1.165, 1.54) is 25.7 Å². The lowest BCUT2D eigenvalue weighted by Crippen LogP contribution is -2.43. The van der Waals surface area contributed by atoms with E-state index in [0.29, 0.717) is 6.42 Å². The number of rotatable bonds is 9. The smallest absolute Gasteiger partial charge is 0.260 e. The number of hydrazine groups is 1. The molecule has 0 saturated carbocycles. The average Bonchev–Trinajstić information content (AvgIpc) is 2.78. The zero-order valence-electron chi connectivity index (χ0n) is 13.9. The molecule has 2 amide bonds. The summed E-state index contributed by atoms with van der Waals surface area (Å²) in [5.41, 5.74) is 6.68. The number of amides is 2. The van der Waals surface area contributed by atoms with Crippen LogP contribution in [0.4, 0.5) is 0 Å². The molecule has 0 aromatic carbocycles. The summed E-state index contributed by atoms with van der Waals surface area (Å²) in [6.07, 6.45) is 7.27. The number of carbonyl (C=O) groups excluding carboxylic acids is 2. The lowest BCUT2D eigenvalue weighted by molar-refractivity contribution is -0.129. The quantitative estimate of drug-likeness (QED) is 0.543. The number of hydrogen-bond acceptors (Lipinski definition) is 3. The second kappa shape index (κ2) is 9.97. The third-order valence-electron chi connectivity index (χ3n) is 3.50. The van der Waals surface area contributed by atoms with Crippen molar-refractivity contribution in [1.29, 1.82) is 0 Å². The molecule has 124 valence electrons. The molecule has 0 spiro atoms. The Morgan fingerprint density at radius 1 is 1.05 bits per heavy atom. The monoisotopic (exact) mass is 308 g/mol. The molecule has 0 saturated heterocycles. The third-order valence-corrected chi connectivity index (χ3v) is 3.50. The van der Waals surface area contributed by atoms with E-state index in [-0.39, 0.29) is 18.4 Å². The lowest BCUT2D eigenvalue weighted by Gasteiger charge is -2.08. The molecule has 1 aromatic heterocycles. The van der Waals surface area contributed by atoms with Crippen molar-refractivity contribution in [2.75, 3.05) is 0 Å². The molecular weight excluding hydrogens is 280 g/mol. The molecule has 6 heteroatoms. The van der Waals surface area contributed by atoms with Crippen LogP contribution in [0.25, 0.3) is 0 Å². The Bertz CT molecular complexity index is 482. The average molecular weight is 308 g/mol. The van der Waals surface area contributed by atoms with Gasteiger partial charge in [0, 0.05) is 12.1 Å². The molecule has 1 heterocycles. The Balaban J connectivity index is 2.13. The zero-order chi connectivity index (χ0) is 16.4. The van der Waals surface area contributed by atoms with Gasteiger partial charge < -0.3 is 0 Å². The maximum Gasteiger partial charge on any atom is 0.260 e. The van der Waals surface area contributed by atoms with Crippen molar-refractivity contribution >= 4 is 11.8 Å². The first kappa shape index (κ1) is 18.2. The van der Waals surface area contributed by atoms with Crippen molar-refractivity contribution in [2.24, 2.45) is 0 Å². The number of nitrogens with one attached hydrogen (secondary N) is 2. The molecule has 6 nitrogen and oxygen atoms in total. The summed E-state index contributed by atoms with van der Waals surface area (Å²) in [5.74, 6) is -0.417. The van der Waals surface area contributed by atoms with Crippen LogP contribution in [0.3, 0.4) is 0 Å². The Labute approximate surface area is 132 Å². The van der Waals surface area contributed by atoms with Crippen LogP contribution >= 0.6 is 0 Å². The van der Waals surface area contributed by atoms with Gasteiger partial charge in [-0.3, -0.25) is 25.1 Å². The van der Waals surface area contributed by atoms with Gasteiger partial charge in [-0.05, 0) is 26.3 Å². The van der Waals surface area contributed by atoms with Crippen molar-refractivity contribution in [3.63, 3.8) is 0 Å². The van der Waals surface area contributed by atoms with Crippen LogP contribution in [0, 0.1) is 13.8 Å². The van der Waals surface area contributed by atoms with Crippen LogP contribution in [0.15, 0.2) is 6.07 Å². The maximum absolute atomic E-state index is 11.7. The second-order valence-corrected chi connectivity index (χ2v) is 5.70. The number of nitrogens with zero attached hydrogens (tertiary/aromatic N) is 2. The fourth-order valence-corrected chi connectivity index (χ4v) is 2.28. The molecule has 2 N–H and O–H groups in total. The van der Waals surface area contributed by atoms with E-state index >= 15 is 0 Å². The normalized spacial score (nSPS) is 10.5. The Morgan fingerprint density at radius 2 is 1.68 bits per heavy atom. The van der Waals surface area contributed by atoms with Gasteiger partial charge in [0.1, 0.15) is 6.54 Å². The van der Waals surface area contributed by atoms with Gasteiger partial charge in [-0.2, -0.15) is 5.10 Å². The van der Waals surface area contributed by atoms with Gasteiger partial charge in [0.2, 0.25) is 5.91 Å². The predicted octanol–water partition coefficient (Wildman–Crippen LogP) is 2.40. The van der Waals surface area contributed by atoms with Crippen molar-refractivity contribution in [2.45, 2.75) is 72.3 Å². The molecule has 0 fully saturated rings. The standard InChI is InChI=1S/C16H28N4O2/c1-4-5-6-7-8-9-10-15(21)17-18-16(22)12-20-14(3)11-13(2)19-20/h11H,4-10,12H2,1-3H3,(H,17,21)(H,18,22). The summed E-state index contributed by atoms with van der Waals surface area (Å²) in [6.45, 7) is 6.06. The van der Waals surface area contributed by atoms with Gasteiger partial charge in [0.25, 0.3) is 5.91 Å². The summed E-state index contributed by atoms with van der Waals surface area (Å²) >= 11 is 0. The van der Waals surface area contributed by atoms with Crippen LogP contribution in [0.2, 0.25) is 0 Å². The first-order chi connectivity index (χ1) is 10.5. The van der Waals surface area contributed by atoms with Crippen molar-refractivity contribution in [3.8, 4) is 0 Å². The number of hydrogen-bond donors (Lipinski definition) is 2. The van der Waals surface area contributed by atoms with Gasteiger partial charge in [-0.1, -0.05) is 39.0 Å². The first-order valence-corrected chi connectivity index (χ1v) is 8.11. The largest absolute Gasteiger partial charge is 0.273 e. The Kier molecular flexibility index (Phi) is 8.25. The minimum Gasteiger partial charge on any atom is -0.273 e. The van der Waals surface area contributed by atoms with E-state index in [4.69, 9.17) is 0 Å². The molecule has 0 radical (unpaired) electrons. The molecule has 1 aromatic rings. The summed E-state index contributed by atoms with van der Waals surface area (Å²) < 4.78 is 1.62. The highest BCUT2D eigenvalue weighted by molar-refractivity contribution is 5.81. The van der Waals surface area contributed by atoms with E-state index in [0.717, 1.165) is 24.2 Å². The number of aromatic nitrogens is 2. The van der Waals surface area contributed by atoms with E-state index < -0.39 is 0 Å². The van der Waals surface area contributed by atoms with Crippen LogP contribution in [-0.4, -0.2) is 21.6 Å². The topological polar surface area (TPSA) is 76.0 Å². The van der Waals surface area contributed by atoms with E-state index in [1.54, 1.807) is 4.68 Å². The fourth-order valence-electron chi connectivity index (χ4n) is 2.28. The van der Waals surface area contributed by atoms with Gasteiger partial charge >= 0.3 is 0 Å². The molecule has 0 aliphatic carbocycles. The molecular formula is C16H28N4O2. The van der Waals surface area contributed by atoms with Gasteiger partial charge in [0.05, 0.1) is 5.69 Å².